The molecule has 3 nitrogen and oxygen atoms in total. The molecule has 0 unspecified atom stereocenters. The highest BCUT2D eigenvalue weighted by atomic mass is 32.1. The Kier molecular flexibility index (Phi) is 2.99. The van der Waals surface area contributed by atoms with Gasteiger partial charge in [-0.1, -0.05) is 0 Å². The number of hydrogen-bond donors (Lipinski definition) is 1. The summed E-state index contributed by atoms with van der Waals surface area (Å²) in [5, 5.41) is 10.7. The van der Waals surface area contributed by atoms with Crippen molar-refractivity contribution in [3.8, 4) is 0 Å². The highest BCUT2D eigenvalue weighted by Gasteiger charge is 2.36. The second kappa shape index (κ2) is 4.52. The molecule has 0 atom stereocenters. The normalized spacial score (nSPS) is 28.4. The minimum absolute atomic E-state index is 0.536. The predicted molar refractivity (Wildman–Crippen MR) is 72.7 cm³/mol. The Morgan fingerprint density at radius 1 is 1.33 bits per heavy atom. The minimum Gasteiger partial charge on any atom is -0.384 e. The molecule has 0 spiro atoms. The van der Waals surface area contributed by atoms with E-state index in [-0.39, 0.29) is 0 Å². The third-order valence-corrected chi connectivity index (χ3v) is 4.99. The maximum atomic E-state index is 10.7. The van der Waals surface area contributed by atoms with E-state index < -0.39 is 5.60 Å². The summed E-state index contributed by atoms with van der Waals surface area (Å²) in [5.41, 5.74) is 0.367. The molecule has 4 heteroatoms. The molecular formula is C14H18N2OS. The molecule has 1 aliphatic rings. The number of rotatable bonds is 2. The molecule has 1 fully saturated rings. The Morgan fingerprint density at radius 2 is 2.00 bits per heavy atom. The van der Waals surface area contributed by atoms with Crippen molar-refractivity contribution in [2.45, 2.75) is 44.2 Å². The van der Waals surface area contributed by atoms with Crippen LogP contribution in [0.1, 0.15) is 42.3 Å². The van der Waals surface area contributed by atoms with E-state index in [0.29, 0.717) is 6.04 Å². The van der Waals surface area contributed by atoms with Gasteiger partial charge in [0.2, 0.25) is 0 Å². The van der Waals surface area contributed by atoms with E-state index >= 15 is 0 Å². The molecule has 1 aliphatic carbocycles. The minimum atomic E-state index is -0.643. The number of nitrogens with zero attached hydrogens (tertiary/aromatic N) is 2. The second-order valence-corrected chi connectivity index (χ2v) is 6.03. The highest BCUT2D eigenvalue weighted by Crippen LogP contribution is 2.42. The van der Waals surface area contributed by atoms with Gasteiger partial charge < -0.3 is 9.67 Å². The van der Waals surface area contributed by atoms with E-state index in [4.69, 9.17) is 0 Å². The van der Waals surface area contributed by atoms with Crippen LogP contribution in [0.5, 0.6) is 0 Å². The van der Waals surface area contributed by atoms with Crippen molar-refractivity contribution >= 4 is 11.5 Å². The maximum Gasteiger partial charge on any atom is 0.100 e. The van der Waals surface area contributed by atoms with E-state index in [2.05, 4.69) is 33.5 Å². The summed E-state index contributed by atoms with van der Waals surface area (Å²) < 4.78 is 6.54. The number of aliphatic hydroxyl groups is 1. The monoisotopic (exact) mass is 262 g/mol. The van der Waals surface area contributed by atoms with Crippen molar-refractivity contribution < 1.29 is 5.11 Å². The third kappa shape index (κ3) is 2.10. The zero-order valence-corrected chi connectivity index (χ0v) is 11.4. The molecule has 0 bridgehead atoms. The highest BCUT2D eigenvalue weighted by molar-refractivity contribution is 7.06. The molecule has 1 N–H and O–H groups in total. The van der Waals surface area contributed by atoms with Crippen LogP contribution in [0.15, 0.2) is 30.6 Å². The van der Waals surface area contributed by atoms with Crippen molar-refractivity contribution in [1.82, 2.24) is 8.94 Å². The molecule has 0 amide bonds. The van der Waals surface area contributed by atoms with Crippen LogP contribution in [0.2, 0.25) is 0 Å². The average molecular weight is 262 g/mol. The first-order chi connectivity index (χ1) is 8.67. The van der Waals surface area contributed by atoms with E-state index in [9.17, 15) is 5.11 Å². The van der Waals surface area contributed by atoms with Gasteiger partial charge >= 0.3 is 0 Å². The molecule has 1 saturated carbocycles. The summed E-state index contributed by atoms with van der Waals surface area (Å²) in [5.74, 6) is 0. The molecule has 0 aliphatic heterocycles. The molecule has 2 aromatic rings. The van der Waals surface area contributed by atoms with Crippen LogP contribution in [0.3, 0.4) is 0 Å². The molecule has 96 valence electrons. The molecule has 0 radical (unpaired) electrons. The topological polar surface area (TPSA) is 38.0 Å². The quantitative estimate of drug-likeness (QED) is 0.902. The van der Waals surface area contributed by atoms with E-state index in [1.807, 2.05) is 13.0 Å². The first-order valence-electron chi connectivity index (χ1n) is 6.46. The van der Waals surface area contributed by atoms with Crippen LogP contribution >= 0.6 is 11.5 Å². The van der Waals surface area contributed by atoms with E-state index in [0.717, 1.165) is 36.3 Å². The molecule has 18 heavy (non-hydrogen) atoms. The van der Waals surface area contributed by atoms with Crippen LogP contribution in [0.25, 0.3) is 0 Å². The lowest BCUT2D eigenvalue weighted by Gasteiger charge is -2.35. The molecule has 2 heterocycles. The molecule has 3 rings (SSSR count). The lowest BCUT2D eigenvalue weighted by Crippen LogP contribution is -2.31. The molecule has 0 saturated heterocycles. The van der Waals surface area contributed by atoms with Crippen LogP contribution in [0.4, 0.5) is 0 Å². The maximum absolute atomic E-state index is 10.7. The Bertz CT molecular complexity index is 510. The Morgan fingerprint density at radius 3 is 2.56 bits per heavy atom. The number of aryl methyl sites for hydroxylation is 1. The van der Waals surface area contributed by atoms with Gasteiger partial charge in [-0.2, -0.15) is 4.37 Å². The zero-order valence-electron chi connectivity index (χ0n) is 10.5. The largest absolute Gasteiger partial charge is 0.384 e. The average Bonchev–Trinajstić information content (AvgIpc) is 3.01. The second-order valence-electron chi connectivity index (χ2n) is 5.23. The van der Waals surface area contributed by atoms with Crippen molar-refractivity contribution in [2.24, 2.45) is 0 Å². The van der Waals surface area contributed by atoms with Crippen molar-refractivity contribution in [2.75, 3.05) is 0 Å². The van der Waals surface area contributed by atoms with Gasteiger partial charge in [0.25, 0.3) is 0 Å². The fourth-order valence-electron chi connectivity index (χ4n) is 2.80. The molecule has 2 aromatic heterocycles. The fraction of sp³-hybridized carbons (Fsp3) is 0.500. The van der Waals surface area contributed by atoms with E-state index in [1.54, 1.807) is 0 Å². The molecule has 0 aromatic carbocycles. The first-order valence-corrected chi connectivity index (χ1v) is 7.23. The van der Waals surface area contributed by atoms with Gasteiger partial charge in [-0.15, -0.1) is 0 Å². The smallest absolute Gasteiger partial charge is 0.100 e. The summed E-state index contributed by atoms with van der Waals surface area (Å²) in [6.07, 6.45) is 7.96. The summed E-state index contributed by atoms with van der Waals surface area (Å²) in [6.45, 7) is 1.98. The van der Waals surface area contributed by atoms with Crippen LogP contribution in [-0.2, 0) is 5.60 Å². The fourth-order valence-corrected chi connectivity index (χ4v) is 3.69. The first kappa shape index (κ1) is 11.9. The Hall–Kier alpha value is -1.13. The van der Waals surface area contributed by atoms with Gasteiger partial charge in [0.1, 0.15) is 5.60 Å². The van der Waals surface area contributed by atoms with Crippen LogP contribution in [0, 0.1) is 6.92 Å². The van der Waals surface area contributed by atoms with Gasteiger partial charge in [-0.05, 0) is 62.3 Å². The number of hydrogen-bond acceptors (Lipinski definition) is 3. The van der Waals surface area contributed by atoms with Crippen molar-refractivity contribution in [3.05, 3.63) is 41.2 Å². The van der Waals surface area contributed by atoms with Crippen LogP contribution < -0.4 is 0 Å². The summed E-state index contributed by atoms with van der Waals surface area (Å²) in [6, 6.07) is 6.69. The lowest BCUT2D eigenvalue weighted by molar-refractivity contribution is -0.00903. The summed E-state index contributed by atoms with van der Waals surface area (Å²) in [7, 11) is 0. The predicted octanol–water partition coefficient (Wildman–Crippen LogP) is 3.26. The van der Waals surface area contributed by atoms with Crippen molar-refractivity contribution in [3.63, 3.8) is 0 Å². The van der Waals surface area contributed by atoms with Crippen molar-refractivity contribution in [1.29, 1.82) is 0 Å². The SMILES string of the molecule is Cc1cc(C2(O)CCC(n3cccc3)CC2)sn1. The van der Waals surface area contributed by atoms with Gasteiger partial charge in [-0.25, -0.2) is 0 Å². The number of aromatic nitrogens is 2. The van der Waals surface area contributed by atoms with Gasteiger partial charge in [0, 0.05) is 18.4 Å². The third-order valence-electron chi connectivity index (χ3n) is 3.92. The molecular weight excluding hydrogens is 244 g/mol. The van der Waals surface area contributed by atoms with Gasteiger partial charge in [0.05, 0.1) is 10.6 Å². The summed E-state index contributed by atoms with van der Waals surface area (Å²) >= 11 is 1.45. The lowest BCUT2D eigenvalue weighted by atomic mass is 9.81. The Labute approximate surface area is 111 Å². The Balaban J connectivity index is 1.73. The van der Waals surface area contributed by atoms with E-state index in [1.165, 1.54) is 11.5 Å². The van der Waals surface area contributed by atoms with Gasteiger partial charge in [0.15, 0.2) is 0 Å². The zero-order chi connectivity index (χ0) is 12.6. The van der Waals surface area contributed by atoms with Gasteiger partial charge in [-0.3, -0.25) is 0 Å². The summed E-state index contributed by atoms with van der Waals surface area (Å²) in [4.78, 5) is 1.03. The van der Waals surface area contributed by atoms with Crippen LogP contribution in [-0.4, -0.2) is 14.0 Å². The standard InChI is InChI=1S/C14H18N2OS/c1-11-10-13(18-15-11)14(17)6-4-12(5-7-14)16-8-2-3-9-16/h2-3,8-10,12,17H,4-7H2,1H3.